The molecule has 4 rings (SSSR count). The van der Waals surface area contributed by atoms with Gasteiger partial charge in [0.1, 0.15) is 0 Å². The van der Waals surface area contributed by atoms with E-state index in [2.05, 4.69) is 10.1 Å². The van der Waals surface area contributed by atoms with Crippen LogP contribution in [0.5, 0.6) is 0 Å². The van der Waals surface area contributed by atoms with Crippen molar-refractivity contribution in [3.63, 3.8) is 0 Å². The Balaban J connectivity index is 1.74. The molecule has 1 N–H and O–H groups in total. The number of hydrogen-bond acceptors (Lipinski definition) is 5. The van der Waals surface area contributed by atoms with Crippen molar-refractivity contribution in [3.8, 4) is 11.3 Å². The first-order valence-corrected chi connectivity index (χ1v) is 9.94. The maximum Gasteiger partial charge on any atom is 0.439 e. The first-order valence-electron chi connectivity index (χ1n) is 8.69. The van der Waals surface area contributed by atoms with Gasteiger partial charge in [0.15, 0.2) is 0 Å². The van der Waals surface area contributed by atoms with Crippen LogP contribution in [-0.2, 0) is 0 Å². The number of hydrogen-bond donors (Lipinski definition) is 1. The smallest absolute Gasteiger partial charge is 0.362 e. The molecule has 144 valence electrons. The number of benzene rings is 1. The molecule has 0 radical (unpaired) electrons. The number of rotatable bonds is 2. The third-order valence-corrected chi connectivity index (χ3v) is 6.16. The Morgan fingerprint density at radius 1 is 1.19 bits per heavy atom. The SMILES string of the molecule is O[C@]1(C(F)(F)F)[C@H]2CCCCCC2=NN1c1nc(-c2ccc(Cl)cc2)cs1. The molecule has 0 bridgehead atoms. The molecule has 0 saturated heterocycles. The van der Waals surface area contributed by atoms with Crippen LogP contribution in [-0.4, -0.2) is 27.7 Å². The van der Waals surface area contributed by atoms with Gasteiger partial charge in [0, 0.05) is 21.7 Å². The highest BCUT2D eigenvalue weighted by atomic mass is 35.5. The summed E-state index contributed by atoms with van der Waals surface area (Å²) >= 11 is 6.91. The Bertz CT molecular complexity index is 867. The molecule has 0 amide bonds. The third kappa shape index (κ3) is 3.13. The lowest BCUT2D eigenvalue weighted by molar-refractivity contribution is -0.268. The van der Waals surface area contributed by atoms with Crippen LogP contribution >= 0.6 is 22.9 Å². The van der Waals surface area contributed by atoms with Gasteiger partial charge in [-0.15, -0.1) is 11.3 Å². The van der Waals surface area contributed by atoms with E-state index in [1.807, 2.05) is 0 Å². The van der Waals surface area contributed by atoms with Crippen molar-refractivity contribution in [1.82, 2.24) is 4.98 Å². The normalized spacial score (nSPS) is 25.9. The molecule has 1 saturated carbocycles. The van der Waals surface area contributed by atoms with Gasteiger partial charge in [-0.25, -0.2) is 4.98 Å². The molecular formula is C18H17ClF3N3OS. The summed E-state index contributed by atoms with van der Waals surface area (Å²) in [7, 11) is 0. The van der Waals surface area contributed by atoms with E-state index in [1.54, 1.807) is 29.6 Å². The maximum atomic E-state index is 14.0. The number of anilines is 1. The summed E-state index contributed by atoms with van der Waals surface area (Å²) in [5.74, 6) is -1.05. The van der Waals surface area contributed by atoms with E-state index in [1.165, 1.54) is 0 Å². The van der Waals surface area contributed by atoms with Crippen LogP contribution in [0.2, 0.25) is 5.02 Å². The molecule has 1 aromatic heterocycles. The molecule has 4 nitrogen and oxygen atoms in total. The Morgan fingerprint density at radius 2 is 1.93 bits per heavy atom. The van der Waals surface area contributed by atoms with Gasteiger partial charge in [0.05, 0.1) is 11.6 Å². The lowest BCUT2D eigenvalue weighted by Crippen LogP contribution is -2.60. The van der Waals surface area contributed by atoms with Crippen molar-refractivity contribution >= 4 is 33.8 Å². The zero-order valence-corrected chi connectivity index (χ0v) is 15.8. The van der Waals surface area contributed by atoms with Gasteiger partial charge >= 0.3 is 6.18 Å². The van der Waals surface area contributed by atoms with Gasteiger partial charge in [-0.3, -0.25) is 0 Å². The second kappa shape index (κ2) is 6.76. The number of halogens is 4. The largest absolute Gasteiger partial charge is 0.439 e. The van der Waals surface area contributed by atoms with Crippen molar-refractivity contribution in [2.75, 3.05) is 5.01 Å². The van der Waals surface area contributed by atoms with Crippen molar-refractivity contribution in [3.05, 3.63) is 34.7 Å². The highest BCUT2D eigenvalue weighted by Gasteiger charge is 2.67. The molecule has 0 unspecified atom stereocenters. The van der Waals surface area contributed by atoms with E-state index in [9.17, 15) is 18.3 Å². The standard InChI is InChI=1S/C18H17ClF3N3OS/c19-12-8-6-11(7-9-12)15-10-27-16(23-15)25-17(26,18(20,21)22)13-4-2-1-3-5-14(13)24-25/h6-10,13,26H,1-5H2/t13-,17-/m0/s1. The van der Waals surface area contributed by atoms with Gasteiger partial charge in [0.25, 0.3) is 5.72 Å². The van der Waals surface area contributed by atoms with Crippen LogP contribution in [0.1, 0.15) is 32.1 Å². The van der Waals surface area contributed by atoms with E-state index in [0.29, 0.717) is 34.3 Å². The summed E-state index contributed by atoms with van der Waals surface area (Å²) in [6.07, 6.45) is -1.84. The monoisotopic (exact) mass is 415 g/mol. The van der Waals surface area contributed by atoms with Crippen LogP contribution < -0.4 is 5.01 Å². The molecule has 2 aliphatic rings. The van der Waals surface area contributed by atoms with E-state index in [-0.39, 0.29) is 11.6 Å². The Hall–Kier alpha value is -1.64. The average Bonchev–Trinajstić information content (AvgIpc) is 3.11. The zero-order valence-electron chi connectivity index (χ0n) is 14.2. The Kier molecular flexibility index (Phi) is 4.68. The molecule has 0 spiro atoms. The topological polar surface area (TPSA) is 48.7 Å². The molecule has 1 fully saturated rings. The average molecular weight is 416 g/mol. The highest BCUT2D eigenvalue weighted by Crippen LogP contribution is 2.50. The first kappa shape index (κ1) is 18.7. The summed E-state index contributed by atoms with van der Waals surface area (Å²) in [6, 6.07) is 6.88. The lowest BCUT2D eigenvalue weighted by Gasteiger charge is -2.37. The number of thiazole rings is 1. The van der Waals surface area contributed by atoms with E-state index < -0.39 is 17.8 Å². The van der Waals surface area contributed by atoms with Gasteiger partial charge in [-0.2, -0.15) is 23.3 Å². The highest BCUT2D eigenvalue weighted by molar-refractivity contribution is 7.14. The van der Waals surface area contributed by atoms with Crippen molar-refractivity contribution in [2.24, 2.45) is 11.0 Å². The van der Waals surface area contributed by atoms with Crippen LogP contribution in [0.15, 0.2) is 34.7 Å². The number of alkyl halides is 3. The summed E-state index contributed by atoms with van der Waals surface area (Å²) in [4.78, 5) is 4.32. The third-order valence-electron chi connectivity index (χ3n) is 5.10. The molecule has 1 aliphatic heterocycles. The van der Waals surface area contributed by atoms with E-state index in [0.717, 1.165) is 29.7 Å². The fourth-order valence-corrected chi connectivity index (χ4v) is 4.66. The van der Waals surface area contributed by atoms with Crippen LogP contribution in [0.25, 0.3) is 11.3 Å². The van der Waals surface area contributed by atoms with Gasteiger partial charge in [0.2, 0.25) is 5.13 Å². The van der Waals surface area contributed by atoms with Crippen molar-refractivity contribution in [1.29, 1.82) is 0 Å². The fraction of sp³-hybridized carbons (Fsp3) is 0.444. The molecule has 27 heavy (non-hydrogen) atoms. The fourth-order valence-electron chi connectivity index (χ4n) is 3.70. The quantitative estimate of drug-likeness (QED) is 0.707. The van der Waals surface area contributed by atoms with Gasteiger partial charge < -0.3 is 5.11 Å². The van der Waals surface area contributed by atoms with Crippen molar-refractivity contribution in [2.45, 2.75) is 44.0 Å². The summed E-state index contributed by atoms with van der Waals surface area (Å²) in [5.41, 5.74) is -1.39. The van der Waals surface area contributed by atoms with Crippen molar-refractivity contribution < 1.29 is 18.3 Å². The zero-order chi connectivity index (χ0) is 19.2. The minimum Gasteiger partial charge on any atom is -0.362 e. The van der Waals surface area contributed by atoms with Gasteiger partial charge in [-0.05, 0) is 31.4 Å². The first-order chi connectivity index (χ1) is 12.8. The molecule has 1 aromatic carbocycles. The number of aliphatic hydroxyl groups is 1. The number of nitrogens with zero attached hydrogens (tertiary/aromatic N) is 3. The molecular weight excluding hydrogens is 399 g/mol. The summed E-state index contributed by atoms with van der Waals surface area (Å²) in [6.45, 7) is 0. The molecule has 2 heterocycles. The predicted molar refractivity (Wildman–Crippen MR) is 100 cm³/mol. The molecule has 1 aliphatic carbocycles. The van der Waals surface area contributed by atoms with Gasteiger partial charge in [-0.1, -0.05) is 36.6 Å². The maximum absolute atomic E-state index is 14.0. The Morgan fingerprint density at radius 3 is 2.63 bits per heavy atom. The summed E-state index contributed by atoms with van der Waals surface area (Å²) < 4.78 is 41.9. The van der Waals surface area contributed by atoms with E-state index in [4.69, 9.17) is 11.6 Å². The van der Waals surface area contributed by atoms with E-state index >= 15 is 0 Å². The second-order valence-corrected chi connectivity index (χ2v) is 8.07. The molecule has 2 aromatic rings. The number of aromatic nitrogens is 1. The minimum atomic E-state index is -4.85. The predicted octanol–water partition coefficient (Wildman–Crippen LogP) is 5.47. The van der Waals surface area contributed by atoms with Crippen LogP contribution in [0.4, 0.5) is 18.3 Å². The lowest BCUT2D eigenvalue weighted by atomic mass is 9.87. The van der Waals surface area contributed by atoms with Crippen LogP contribution in [0, 0.1) is 5.92 Å². The molecule has 9 heteroatoms. The molecule has 2 atom stereocenters. The number of fused-ring (bicyclic) bond motifs is 1. The Labute approximate surface area is 163 Å². The van der Waals surface area contributed by atoms with Crippen LogP contribution in [0.3, 0.4) is 0 Å². The summed E-state index contributed by atoms with van der Waals surface area (Å²) in [5, 5.41) is 17.9. The second-order valence-electron chi connectivity index (χ2n) is 6.80. The minimum absolute atomic E-state index is 0.0281. The number of hydrazone groups is 1.